The Labute approximate surface area is 95.8 Å². The van der Waals surface area contributed by atoms with Crippen molar-refractivity contribution < 1.29 is 14.6 Å². The van der Waals surface area contributed by atoms with E-state index in [1.807, 2.05) is 0 Å². The lowest BCUT2D eigenvalue weighted by Crippen LogP contribution is -2.33. The summed E-state index contributed by atoms with van der Waals surface area (Å²) in [7, 11) is 0. The summed E-state index contributed by atoms with van der Waals surface area (Å²) in [5, 5.41) is 18.4. The molecule has 4 N–H and O–H groups in total. The Morgan fingerprint density at radius 2 is 2.29 bits per heavy atom. The number of halogens is 1. The SMILES string of the molecule is Nc1ccn([C@@H]2C=C(CO)[C@H](O)C2F)c(=O)n1. The van der Waals surface area contributed by atoms with Gasteiger partial charge in [0.2, 0.25) is 0 Å². The zero-order valence-corrected chi connectivity index (χ0v) is 8.82. The van der Waals surface area contributed by atoms with Gasteiger partial charge in [0, 0.05) is 6.20 Å². The van der Waals surface area contributed by atoms with Crippen LogP contribution in [0.15, 0.2) is 28.7 Å². The van der Waals surface area contributed by atoms with Gasteiger partial charge in [-0.05, 0) is 11.6 Å². The Balaban J connectivity index is 2.41. The Morgan fingerprint density at radius 1 is 1.59 bits per heavy atom. The standard InChI is InChI=1S/C10H12FN3O3/c11-8-6(3-5(4-15)9(8)16)14-2-1-7(12)13-10(14)17/h1-3,6,8-9,15-16H,4H2,(H2,12,13,17)/t6-,8?,9+/m1/s1. The molecule has 0 fully saturated rings. The van der Waals surface area contributed by atoms with Gasteiger partial charge >= 0.3 is 5.69 Å². The summed E-state index contributed by atoms with van der Waals surface area (Å²) in [6.07, 6.45) is -0.435. The maximum Gasteiger partial charge on any atom is 0.350 e. The van der Waals surface area contributed by atoms with Crippen LogP contribution in [0.3, 0.4) is 0 Å². The third kappa shape index (κ3) is 1.94. The summed E-state index contributed by atoms with van der Waals surface area (Å²) >= 11 is 0. The molecule has 1 aliphatic carbocycles. The first-order valence-electron chi connectivity index (χ1n) is 5.03. The average Bonchev–Trinajstić information content (AvgIpc) is 2.57. The van der Waals surface area contributed by atoms with Crippen LogP contribution < -0.4 is 11.4 Å². The van der Waals surface area contributed by atoms with Gasteiger partial charge in [-0.25, -0.2) is 9.18 Å². The second-order valence-electron chi connectivity index (χ2n) is 3.82. The third-order valence-corrected chi connectivity index (χ3v) is 2.75. The minimum absolute atomic E-state index is 0.0477. The van der Waals surface area contributed by atoms with E-state index in [0.29, 0.717) is 0 Å². The minimum Gasteiger partial charge on any atom is -0.392 e. The monoisotopic (exact) mass is 241 g/mol. The van der Waals surface area contributed by atoms with Crippen LogP contribution in [0.2, 0.25) is 0 Å². The number of aromatic nitrogens is 2. The highest BCUT2D eigenvalue weighted by molar-refractivity contribution is 5.27. The van der Waals surface area contributed by atoms with Crippen LogP contribution in [0.5, 0.6) is 0 Å². The van der Waals surface area contributed by atoms with Gasteiger partial charge in [-0.1, -0.05) is 6.08 Å². The van der Waals surface area contributed by atoms with Crippen molar-refractivity contribution in [2.24, 2.45) is 0 Å². The van der Waals surface area contributed by atoms with Gasteiger partial charge in [0.15, 0.2) is 6.17 Å². The number of nitrogens with two attached hydrogens (primary N) is 1. The molecule has 0 saturated carbocycles. The van der Waals surface area contributed by atoms with Gasteiger partial charge in [0.25, 0.3) is 0 Å². The summed E-state index contributed by atoms with van der Waals surface area (Å²) in [5.41, 5.74) is 4.78. The van der Waals surface area contributed by atoms with Crippen molar-refractivity contribution in [2.45, 2.75) is 18.3 Å². The second kappa shape index (κ2) is 4.27. The summed E-state index contributed by atoms with van der Waals surface area (Å²) in [6.45, 7) is -0.449. The molecule has 0 aliphatic heterocycles. The lowest BCUT2D eigenvalue weighted by atomic mass is 10.1. The number of nitrogen functional groups attached to an aromatic ring is 1. The molecule has 1 aromatic rings. The molecule has 1 aliphatic rings. The lowest BCUT2D eigenvalue weighted by Gasteiger charge is -2.16. The van der Waals surface area contributed by atoms with Crippen LogP contribution >= 0.6 is 0 Å². The first-order chi connectivity index (χ1) is 8.04. The predicted octanol–water partition coefficient (Wildman–Crippen LogP) is -1.00. The molecule has 1 unspecified atom stereocenters. The van der Waals surface area contributed by atoms with Gasteiger partial charge in [-0.15, -0.1) is 0 Å². The van der Waals surface area contributed by atoms with Gasteiger partial charge in [0.05, 0.1) is 12.6 Å². The van der Waals surface area contributed by atoms with Crippen molar-refractivity contribution in [2.75, 3.05) is 12.3 Å². The molecule has 0 radical (unpaired) electrons. The van der Waals surface area contributed by atoms with Crippen LogP contribution in [0.25, 0.3) is 0 Å². The average molecular weight is 241 g/mol. The smallest absolute Gasteiger partial charge is 0.350 e. The highest BCUT2D eigenvalue weighted by Crippen LogP contribution is 2.30. The molecule has 92 valence electrons. The fourth-order valence-electron chi connectivity index (χ4n) is 1.83. The van der Waals surface area contributed by atoms with E-state index < -0.39 is 30.6 Å². The molecule has 0 aromatic carbocycles. The second-order valence-corrected chi connectivity index (χ2v) is 3.82. The van der Waals surface area contributed by atoms with E-state index in [1.54, 1.807) is 0 Å². The Hall–Kier alpha value is -1.73. The van der Waals surface area contributed by atoms with E-state index in [1.165, 1.54) is 18.3 Å². The molecular weight excluding hydrogens is 229 g/mol. The van der Waals surface area contributed by atoms with Crippen LogP contribution in [-0.2, 0) is 0 Å². The zero-order valence-electron chi connectivity index (χ0n) is 8.82. The number of rotatable bonds is 2. The predicted molar refractivity (Wildman–Crippen MR) is 58.0 cm³/mol. The van der Waals surface area contributed by atoms with Crippen molar-refractivity contribution in [3.63, 3.8) is 0 Å². The van der Waals surface area contributed by atoms with Gasteiger partial charge in [0.1, 0.15) is 11.9 Å². The number of nitrogens with zero attached hydrogens (tertiary/aromatic N) is 2. The van der Waals surface area contributed by atoms with Gasteiger partial charge < -0.3 is 15.9 Å². The van der Waals surface area contributed by atoms with Crippen LogP contribution in [0, 0.1) is 0 Å². The molecule has 2 rings (SSSR count). The Kier molecular flexibility index (Phi) is 2.95. The summed E-state index contributed by atoms with van der Waals surface area (Å²) in [4.78, 5) is 15.0. The van der Waals surface area contributed by atoms with E-state index in [4.69, 9.17) is 10.8 Å². The number of aliphatic hydroxyl groups is 2. The van der Waals surface area contributed by atoms with E-state index in [0.717, 1.165) is 4.57 Å². The topological polar surface area (TPSA) is 101 Å². The Morgan fingerprint density at radius 3 is 2.82 bits per heavy atom. The maximum atomic E-state index is 13.8. The molecule has 1 heterocycles. The molecule has 17 heavy (non-hydrogen) atoms. The summed E-state index contributed by atoms with van der Waals surface area (Å²) < 4.78 is 14.8. The summed E-state index contributed by atoms with van der Waals surface area (Å²) in [6, 6.07) is 0.401. The van der Waals surface area contributed by atoms with Crippen molar-refractivity contribution in [3.8, 4) is 0 Å². The number of hydrogen-bond acceptors (Lipinski definition) is 5. The first kappa shape index (κ1) is 11.7. The summed E-state index contributed by atoms with van der Waals surface area (Å²) in [5.74, 6) is 0.0477. The Bertz CT molecular complexity index is 514. The number of allylic oxidation sites excluding steroid dienone is 1. The molecule has 0 bridgehead atoms. The number of aliphatic hydroxyl groups excluding tert-OH is 2. The van der Waals surface area contributed by atoms with Gasteiger partial charge in [-0.2, -0.15) is 4.98 Å². The highest BCUT2D eigenvalue weighted by atomic mass is 19.1. The van der Waals surface area contributed by atoms with Crippen LogP contribution in [0.4, 0.5) is 10.2 Å². The van der Waals surface area contributed by atoms with Crippen LogP contribution in [-0.4, -0.2) is 38.6 Å². The minimum atomic E-state index is -1.68. The van der Waals surface area contributed by atoms with Crippen LogP contribution in [0.1, 0.15) is 6.04 Å². The fraction of sp³-hybridized carbons (Fsp3) is 0.400. The van der Waals surface area contributed by atoms with Crippen molar-refractivity contribution >= 4 is 5.82 Å². The highest BCUT2D eigenvalue weighted by Gasteiger charge is 2.37. The third-order valence-electron chi connectivity index (χ3n) is 2.75. The molecule has 0 spiro atoms. The molecular formula is C10H12FN3O3. The van der Waals surface area contributed by atoms with Crippen molar-refractivity contribution in [1.29, 1.82) is 0 Å². The number of hydrogen-bond donors (Lipinski definition) is 3. The van der Waals surface area contributed by atoms with Gasteiger partial charge in [-0.3, -0.25) is 4.57 Å². The molecule has 0 saturated heterocycles. The van der Waals surface area contributed by atoms with E-state index in [2.05, 4.69) is 4.98 Å². The first-order valence-corrected chi connectivity index (χ1v) is 5.03. The molecule has 7 heteroatoms. The largest absolute Gasteiger partial charge is 0.392 e. The normalized spacial score (nSPS) is 28.2. The molecule has 0 amide bonds. The number of alkyl halides is 1. The van der Waals surface area contributed by atoms with Crippen molar-refractivity contribution in [3.05, 3.63) is 34.4 Å². The molecule has 6 nitrogen and oxygen atoms in total. The van der Waals surface area contributed by atoms with E-state index in [-0.39, 0.29) is 11.4 Å². The zero-order chi connectivity index (χ0) is 12.6. The van der Waals surface area contributed by atoms with E-state index >= 15 is 0 Å². The number of anilines is 1. The van der Waals surface area contributed by atoms with E-state index in [9.17, 15) is 14.3 Å². The molecule has 3 atom stereocenters. The van der Waals surface area contributed by atoms with Crippen molar-refractivity contribution in [1.82, 2.24) is 9.55 Å². The molecule has 1 aromatic heterocycles. The quantitative estimate of drug-likeness (QED) is 0.576. The fourth-order valence-corrected chi connectivity index (χ4v) is 1.83. The lowest BCUT2D eigenvalue weighted by molar-refractivity contribution is 0.0900. The maximum absolute atomic E-state index is 13.8.